The van der Waals surface area contributed by atoms with Crippen molar-refractivity contribution in [1.29, 1.82) is 0 Å². The molecule has 3 N–H and O–H groups in total. The normalized spacial score (nSPS) is 12.1. The van der Waals surface area contributed by atoms with E-state index in [-0.39, 0.29) is 22.7 Å². The minimum absolute atomic E-state index is 0.0515. The van der Waals surface area contributed by atoms with Crippen LogP contribution in [0.2, 0.25) is 5.02 Å². The number of benzene rings is 1. The summed E-state index contributed by atoms with van der Waals surface area (Å²) in [4.78, 5) is 21.7. The molecule has 0 heterocycles. The van der Waals surface area contributed by atoms with Crippen LogP contribution in [0.5, 0.6) is 0 Å². The van der Waals surface area contributed by atoms with Crippen LogP contribution in [0, 0.1) is 16.0 Å². The first-order valence-electron chi connectivity index (χ1n) is 6.32. The Morgan fingerprint density at radius 2 is 2.15 bits per heavy atom. The molecule has 1 unspecified atom stereocenters. The van der Waals surface area contributed by atoms with Crippen LogP contribution in [0.25, 0.3) is 0 Å². The highest BCUT2D eigenvalue weighted by Crippen LogP contribution is 2.30. The summed E-state index contributed by atoms with van der Waals surface area (Å²) in [7, 11) is 0. The average molecular weight is 301 g/mol. The number of nitrogens with two attached hydrogens (primary N) is 1. The van der Waals surface area contributed by atoms with Gasteiger partial charge in [0, 0.05) is 11.6 Å². The molecule has 1 aromatic carbocycles. The zero-order valence-corrected chi connectivity index (χ0v) is 11.7. The number of aliphatic carboxylic acids is 1. The van der Waals surface area contributed by atoms with Crippen LogP contribution in [-0.4, -0.2) is 22.5 Å². The number of nitro benzene ring substituents is 1. The molecule has 110 valence electrons. The number of carboxylic acid groups (broad SMARTS) is 1. The van der Waals surface area contributed by atoms with E-state index in [1.54, 1.807) is 0 Å². The van der Waals surface area contributed by atoms with E-state index in [1.165, 1.54) is 18.2 Å². The molecule has 1 aromatic rings. The second kappa shape index (κ2) is 7.81. The van der Waals surface area contributed by atoms with Gasteiger partial charge in [0.1, 0.15) is 0 Å². The maximum absolute atomic E-state index is 11.2. The number of halogens is 1. The minimum Gasteiger partial charge on any atom is -0.481 e. The molecular weight excluding hydrogens is 284 g/mol. The second-order valence-corrected chi connectivity index (χ2v) is 4.93. The van der Waals surface area contributed by atoms with Gasteiger partial charge in [-0.3, -0.25) is 14.9 Å². The summed E-state index contributed by atoms with van der Waals surface area (Å²) in [6, 6.07) is 4.34. The van der Waals surface area contributed by atoms with Gasteiger partial charge in [-0.05, 0) is 31.9 Å². The fraction of sp³-hybridized carbons (Fsp3) is 0.462. The summed E-state index contributed by atoms with van der Waals surface area (Å²) in [5.41, 5.74) is 5.51. The first-order valence-corrected chi connectivity index (χ1v) is 6.69. The minimum atomic E-state index is -0.976. The topological polar surface area (TPSA) is 106 Å². The Bertz CT molecular complexity index is 493. The number of hydrogen-bond donors (Lipinski definition) is 2. The summed E-state index contributed by atoms with van der Waals surface area (Å²) in [6.07, 6.45) is 1.88. The number of carbonyl (C=O) groups is 1. The van der Waals surface area contributed by atoms with Crippen molar-refractivity contribution in [2.75, 3.05) is 6.54 Å². The van der Waals surface area contributed by atoms with Crippen molar-refractivity contribution in [2.45, 2.75) is 25.7 Å². The number of nitrogens with zero attached hydrogens (tertiary/aromatic N) is 1. The zero-order chi connectivity index (χ0) is 15.1. The van der Waals surface area contributed by atoms with Crippen LogP contribution in [0.15, 0.2) is 18.2 Å². The van der Waals surface area contributed by atoms with Crippen LogP contribution in [-0.2, 0) is 11.2 Å². The highest BCUT2D eigenvalue weighted by Gasteiger charge is 2.24. The van der Waals surface area contributed by atoms with Gasteiger partial charge in [-0.25, -0.2) is 0 Å². The Morgan fingerprint density at radius 1 is 1.45 bits per heavy atom. The van der Waals surface area contributed by atoms with Crippen molar-refractivity contribution in [3.05, 3.63) is 38.9 Å². The summed E-state index contributed by atoms with van der Waals surface area (Å²) < 4.78 is 0. The van der Waals surface area contributed by atoms with Crippen molar-refractivity contribution in [1.82, 2.24) is 0 Å². The van der Waals surface area contributed by atoms with Crippen molar-refractivity contribution in [3.8, 4) is 0 Å². The van der Waals surface area contributed by atoms with E-state index in [4.69, 9.17) is 17.3 Å². The third-order valence-electron chi connectivity index (χ3n) is 3.10. The molecule has 6 nitrogen and oxygen atoms in total. The molecule has 1 atom stereocenters. The fourth-order valence-corrected chi connectivity index (χ4v) is 2.26. The Kier molecular flexibility index (Phi) is 6.41. The van der Waals surface area contributed by atoms with E-state index in [9.17, 15) is 20.0 Å². The molecular formula is C13H17ClN2O4. The van der Waals surface area contributed by atoms with Gasteiger partial charge in [0.25, 0.3) is 5.69 Å². The monoisotopic (exact) mass is 300 g/mol. The van der Waals surface area contributed by atoms with Crippen molar-refractivity contribution in [3.63, 3.8) is 0 Å². The third kappa shape index (κ3) is 4.47. The first-order chi connectivity index (χ1) is 9.47. The molecule has 0 radical (unpaired) electrons. The molecule has 0 aliphatic heterocycles. The van der Waals surface area contributed by atoms with E-state index in [1.807, 2.05) is 0 Å². The quantitative estimate of drug-likeness (QED) is 0.436. The molecule has 20 heavy (non-hydrogen) atoms. The highest BCUT2D eigenvalue weighted by molar-refractivity contribution is 6.31. The Hall–Kier alpha value is -1.66. The fourth-order valence-electron chi connectivity index (χ4n) is 2.01. The number of unbranched alkanes of at least 4 members (excludes halogenated alkanes) is 1. The molecule has 0 saturated heterocycles. The second-order valence-electron chi connectivity index (χ2n) is 4.52. The van der Waals surface area contributed by atoms with Gasteiger partial charge in [-0.1, -0.05) is 24.1 Å². The summed E-state index contributed by atoms with van der Waals surface area (Å²) in [5, 5.41) is 20.4. The zero-order valence-electron chi connectivity index (χ0n) is 10.9. The number of carboxylic acids is 1. The molecule has 0 aliphatic carbocycles. The molecule has 0 amide bonds. The lowest BCUT2D eigenvalue weighted by Crippen LogP contribution is -2.18. The average Bonchev–Trinajstić information content (AvgIpc) is 2.39. The summed E-state index contributed by atoms with van der Waals surface area (Å²) in [6.45, 7) is 0.499. The van der Waals surface area contributed by atoms with Gasteiger partial charge in [0.05, 0.1) is 15.9 Å². The molecule has 0 fully saturated rings. The summed E-state index contributed by atoms with van der Waals surface area (Å²) >= 11 is 5.97. The van der Waals surface area contributed by atoms with Crippen LogP contribution in [0.1, 0.15) is 24.8 Å². The third-order valence-corrected chi connectivity index (χ3v) is 3.45. The smallest absolute Gasteiger partial charge is 0.306 e. The van der Waals surface area contributed by atoms with Gasteiger partial charge < -0.3 is 10.8 Å². The van der Waals surface area contributed by atoms with E-state index >= 15 is 0 Å². The van der Waals surface area contributed by atoms with Crippen molar-refractivity contribution in [2.24, 2.45) is 11.7 Å². The Balaban J connectivity index is 2.93. The molecule has 1 rings (SSSR count). The Labute approximate surface area is 121 Å². The first kappa shape index (κ1) is 16.4. The molecule has 7 heteroatoms. The highest BCUT2D eigenvalue weighted by atomic mass is 35.5. The maximum atomic E-state index is 11.2. The van der Waals surface area contributed by atoms with Gasteiger partial charge in [-0.2, -0.15) is 0 Å². The van der Waals surface area contributed by atoms with Crippen LogP contribution >= 0.6 is 11.6 Å². The largest absolute Gasteiger partial charge is 0.481 e. The van der Waals surface area contributed by atoms with E-state index in [0.717, 1.165) is 6.42 Å². The lowest BCUT2D eigenvalue weighted by atomic mass is 9.93. The van der Waals surface area contributed by atoms with E-state index in [2.05, 4.69) is 0 Å². The molecule has 0 aromatic heterocycles. The number of hydrogen-bond acceptors (Lipinski definition) is 4. The van der Waals surface area contributed by atoms with Crippen molar-refractivity contribution < 1.29 is 14.8 Å². The predicted octanol–water partition coefficient (Wildman–Crippen LogP) is 2.62. The number of nitro groups is 1. The SMILES string of the molecule is NCCCCC(Cc1c(Cl)cccc1[N+](=O)[O-])C(=O)O. The van der Waals surface area contributed by atoms with Gasteiger partial charge in [-0.15, -0.1) is 0 Å². The van der Waals surface area contributed by atoms with Gasteiger partial charge in [0.15, 0.2) is 0 Å². The Morgan fingerprint density at radius 3 is 2.70 bits per heavy atom. The number of rotatable bonds is 8. The van der Waals surface area contributed by atoms with Crippen LogP contribution < -0.4 is 5.73 Å². The maximum Gasteiger partial charge on any atom is 0.306 e. The van der Waals surface area contributed by atoms with E-state index in [0.29, 0.717) is 19.4 Å². The van der Waals surface area contributed by atoms with Crippen LogP contribution in [0.3, 0.4) is 0 Å². The van der Waals surface area contributed by atoms with Gasteiger partial charge in [0.2, 0.25) is 0 Å². The van der Waals surface area contributed by atoms with Crippen LogP contribution in [0.4, 0.5) is 5.69 Å². The van der Waals surface area contributed by atoms with Gasteiger partial charge >= 0.3 is 5.97 Å². The lowest BCUT2D eigenvalue weighted by molar-refractivity contribution is -0.385. The summed E-state index contributed by atoms with van der Waals surface area (Å²) in [5.74, 6) is -1.67. The predicted molar refractivity (Wildman–Crippen MR) is 75.8 cm³/mol. The molecule has 0 spiro atoms. The lowest BCUT2D eigenvalue weighted by Gasteiger charge is -2.13. The molecule has 0 aliphatic rings. The molecule has 0 bridgehead atoms. The molecule has 0 saturated carbocycles. The van der Waals surface area contributed by atoms with E-state index < -0.39 is 16.8 Å². The van der Waals surface area contributed by atoms with Crippen molar-refractivity contribution >= 4 is 23.3 Å². The standard InChI is InChI=1S/C13H17ClN2O4/c14-11-5-3-6-12(16(19)20)10(11)8-9(13(17)18)4-1-2-7-15/h3,5-6,9H,1-2,4,7-8,15H2,(H,17,18).